The third-order valence-corrected chi connectivity index (χ3v) is 4.31. The van der Waals surface area contributed by atoms with Crippen molar-refractivity contribution in [1.82, 2.24) is 24.1 Å². The van der Waals surface area contributed by atoms with Crippen LogP contribution in [0.25, 0.3) is 16.9 Å². The van der Waals surface area contributed by atoms with Gasteiger partial charge in [0.15, 0.2) is 5.65 Å². The lowest BCUT2D eigenvalue weighted by atomic mass is 10.1. The van der Waals surface area contributed by atoms with Crippen LogP contribution in [0.5, 0.6) is 0 Å². The van der Waals surface area contributed by atoms with Crippen molar-refractivity contribution in [2.75, 3.05) is 11.9 Å². The lowest BCUT2D eigenvalue weighted by Gasteiger charge is -2.11. The number of aromatic nitrogens is 5. The zero-order valence-corrected chi connectivity index (χ0v) is 14.4. The Morgan fingerprint density at radius 3 is 2.85 bits per heavy atom. The molecule has 0 unspecified atom stereocenters. The van der Waals surface area contributed by atoms with E-state index in [9.17, 15) is 4.39 Å². The van der Waals surface area contributed by atoms with E-state index in [1.807, 2.05) is 25.3 Å². The fourth-order valence-corrected chi connectivity index (χ4v) is 2.95. The normalized spacial score (nSPS) is 11.2. The molecular weight excluding hydrogens is 331 g/mol. The molecule has 0 saturated heterocycles. The number of hydrogen-bond acceptors (Lipinski definition) is 4. The molecule has 4 aromatic rings. The van der Waals surface area contributed by atoms with Gasteiger partial charge in [0.2, 0.25) is 0 Å². The SMILES string of the molecule is Cc1nccn1CCCNc1cc(-c2ccccc2F)nc2ccnn12. The summed E-state index contributed by atoms with van der Waals surface area (Å²) in [6, 6.07) is 10.3. The summed E-state index contributed by atoms with van der Waals surface area (Å²) in [6.07, 6.45) is 6.40. The molecule has 1 N–H and O–H groups in total. The number of rotatable bonds is 6. The van der Waals surface area contributed by atoms with Crippen molar-refractivity contribution in [2.45, 2.75) is 19.9 Å². The number of benzene rings is 1. The van der Waals surface area contributed by atoms with Gasteiger partial charge in [0.05, 0.1) is 11.9 Å². The summed E-state index contributed by atoms with van der Waals surface area (Å²) in [5.41, 5.74) is 1.75. The van der Waals surface area contributed by atoms with Gasteiger partial charge >= 0.3 is 0 Å². The maximum Gasteiger partial charge on any atom is 0.157 e. The molecule has 4 rings (SSSR count). The van der Waals surface area contributed by atoms with E-state index in [4.69, 9.17) is 0 Å². The Kier molecular flexibility index (Phi) is 4.35. The molecule has 0 spiro atoms. The van der Waals surface area contributed by atoms with Crippen LogP contribution in [0.2, 0.25) is 0 Å². The minimum absolute atomic E-state index is 0.287. The van der Waals surface area contributed by atoms with Crippen molar-refractivity contribution < 1.29 is 4.39 Å². The van der Waals surface area contributed by atoms with Crippen molar-refractivity contribution in [2.24, 2.45) is 0 Å². The summed E-state index contributed by atoms with van der Waals surface area (Å²) in [6.45, 7) is 3.63. The predicted octanol–water partition coefficient (Wildman–Crippen LogP) is 3.54. The van der Waals surface area contributed by atoms with Crippen molar-refractivity contribution in [1.29, 1.82) is 0 Å². The van der Waals surface area contributed by atoms with E-state index in [2.05, 4.69) is 25.0 Å². The molecular formula is C19H19FN6. The molecule has 0 amide bonds. The number of aryl methyl sites for hydroxylation is 2. The van der Waals surface area contributed by atoms with E-state index in [0.29, 0.717) is 16.9 Å². The van der Waals surface area contributed by atoms with Gasteiger partial charge in [-0.2, -0.15) is 9.61 Å². The standard InChI is InChI=1S/C19H19FN6/c1-14-21-10-12-25(14)11-4-8-22-19-13-17(15-5-2-3-6-16(15)20)24-18-7-9-23-26(18)19/h2-3,5-7,9-10,12-13,22H,4,8,11H2,1H3. The number of anilines is 1. The summed E-state index contributed by atoms with van der Waals surface area (Å²) in [5.74, 6) is 1.51. The molecule has 132 valence electrons. The Bertz CT molecular complexity index is 1040. The second kappa shape index (κ2) is 6.95. The van der Waals surface area contributed by atoms with Gasteiger partial charge in [0.1, 0.15) is 17.5 Å². The molecule has 3 heterocycles. The largest absolute Gasteiger partial charge is 0.370 e. The minimum atomic E-state index is -0.287. The Labute approximate surface area is 150 Å². The van der Waals surface area contributed by atoms with Gasteiger partial charge < -0.3 is 9.88 Å². The van der Waals surface area contributed by atoms with Crippen molar-refractivity contribution in [3.05, 3.63) is 66.6 Å². The summed E-state index contributed by atoms with van der Waals surface area (Å²) in [7, 11) is 0. The molecule has 26 heavy (non-hydrogen) atoms. The van der Waals surface area contributed by atoms with Gasteiger partial charge in [0, 0.05) is 43.2 Å². The van der Waals surface area contributed by atoms with Crippen LogP contribution in [-0.4, -0.2) is 30.7 Å². The fourth-order valence-electron chi connectivity index (χ4n) is 2.95. The molecule has 0 bridgehead atoms. The average molecular weight is 350 g/mol. The van der Waals surface area contributed by atoms with E-state index in [1.54, 1.807) is 35.1 Å². The molecule has 0 fully saturated rings. The van der Waals surface area contributed by atoms with Crippen LogP contribution in [0.3, 0.4) is 0 Å². The van der Waals surface area contributed by atoms with Gasteiger partial charge in [0.25, 0.3) is 0 Å². The maximum absolute atomic E-state index is 14.1. The van der Waals surface area contributed by atoms with E-state index in [-0.39, 0.29) is 5.82 Å². The minimum Gasteiger partial charge on any atom is -0.370 e. The fraction of sp³-hybridized carbons (Fsp3) is 0.211. The number of nitrogens with zero attached hydrogens (tertiary/aromatic N) is 5. The van der Waals surface area contributed by atoms with E-state index in [1.165, 1.54) is 6.07 Å². The second-order valence-electron chi connectivity index (χ2n) is 6.06. The molecule has 0 radical (unpaired) electrons. The molecule has 0 aliphatic rings. The second-order valence-corrected chi connectivity index (χ2v) is 6.06. The summed E-state index contributed by atoms with van der Waals surface area (Å²) >= 11 is 0. The van der Waals surface area contributed by atoms with Gasteiger partial charge in [-0.25, -0.2) is 14.4 Å². The highest BCUT2D eigenvalue weighted by molar-refractivity contribution is 5.66. The first-order valence-corrected chi connectivity index (χ1v) is 8.54. The number of imidazole rings is 1. The van der Waals surface area contributed by atoms with E-state index >= 15 is 0 Å². The van der Waals surface area contributed by atoms with Crippen LogP contribution >= 0.6 is 0 Å². The first-order valence-electron chi connectivity index (χ1n) is 8.54. The van der Waals surface area contributed by atoms with Crippen molar-refractivity contribution in [3.63, 3.8) is 0 Å². The zero-order valence-electron chi connectivity index (χ0n) is 14.4. The molecule has 0 aliphatic carbocycles. The van der Waals surface area contributed by atoms with Gasteiger partial charge in [-0.1, -0.05) is 12.1 Å². The molecule has 1 aromatic carbocycles. The van der Waals surface area contributed by atoms with Crippen molar-refractivity contribution >= 4 is 11.5 Å². The van der Waals surface area contributed by atoms with Gasteiger partial charge in [-0.3, -0.25) is 0 Å². The van der Waals surface area contributed by atoms with Crippen LogP contribution in [0.1, 0.15) is 12.2 Å². The highest BCUT2D eigenvalue weighted by Gasteiger charge is 2.11. The predicted molar refractivity (Wildman–Crippen MR) is 98.5 cm³/mol. The van der Waals surface area contributed by atoms with Crippen LogP contribution in [0.4, 0.5) is 10.2 Å². The van der Waals surface area contributed by atoms with Gasteiger partial charge in [-0.05, 0) is 25.5 Å². The Hall–Kier alpha value is -3.22. The first-order chi connectivity index (χ1) is 12.7. The Morgan fingerprint density at radius 1 is 1.15 bits per heavy atom. The van der Waals surface area contributed by atoms with E-state index < -0.39 is 0 Å². The molecule has 0 atom stereocenters. The monoisotopic (exact) mass is 350 g/mol. The number of halogens is 1. The average Bonchev–Trinajstić information content (AvgIpc) is 3.28. The molecule has 0 aliphatic heterocycles. The molecule has 3 aromatic heterocycles. The van der Waals surface area contributed by atoms with Gasteiger partial charge in [-0.15, -0.1) is 0 Å². The Morgan fingerprint density at radius 2 is 2.04 bits per heavy atom. The topological polar surface area (TPSA) is 60.0 Å². The van der Waals surface area contributed by atoms with E-state index in [0.717, 1.165) is 31.2 Å². The van der Waals surface area contributed by atoms with Crippen LogP contribution < -0.4 is 5.32 Å². The lowest BCUT2D eigenvalue weighted by molar-refractivity contribution is 0.630. The number of hydrogen-bond donors (Lipinski definition) is 1. The Balaban J connectivity index is 1.55. The van der Waals surface area contributed by atoms with Crippen molar-refractivity contribution in [3.8, 4) is 11.3 Å². The van der Waals surface area contributed by atoms with Crippen LogP contribution in [0, 0.1) is 12.7 Å². The number of nitrogens with one attached hydrogen (secondary N) is 1. The lowest BCUT2D eigenvalue weighted by Crippen LogP contribution is -2.11. The summed E-state index contributed by atoms with van der Waals surface area (Å²) in [4.78, 5) is 8.74. The third kappa shape index (κ3) is 3.15. The summed E-state index contributed by atoms with van der Waals surface area (Å²) < 4.78 is 18.0. The molecule has 7 heteroatoms. The highest BCUT2D eigenvalue weighted by Crippen LogP contribution is 2.24. The zero-order chi connectivity index (χ0) is 17.9. The molecule has 6 nitrogen and oxygen atoms in total. The number of fused-ring (bicyclic) bond motifs is 1. The van der Waals surface area contributed by atoms with Crippen LogP contribution in [0.15, 0.2) is 55.0 Å². The smallest absolute Gasteiger partial charge is 0.157 e. The first kappa shape index (κ1) is 16.3. The summed E-state index contributed by atoms with van der Waals surface area (Å²) in [5, 5.41) is 7.69. The quantitative estimate of drug-likeness (QED) is 0.540. The highest BCUT2D eigenvalue weighted by atomic mass is 19.1. The third-order valence-electron chi connectivity index (χ3n) is 4.31. The van der Waals surface area contributed by atoms with Crippen LogP contribution in [-0.2, 0) is 6.54 Å². The molecule has 0 saturated carbocycles. The maximum atomic E-state index is 14.1.